The summed E-state index contributed by atoms with van der Waals surface area (Å²) >= 11 is 0. The molecule has 1 atom stereocenters. The number of rotatable bonds is 2. The summed E-state index contributed by atoms with van der Waals surface area (Å²) < 4.78 is 47.9. The van der Waals surface area contributed by atoms with Crippen molar-refractivity contribution in [2.75, 3.05) is 0 Å². The quantitative estimate of drug-likeness (QED) is 0.741. The second-order valence-electron chi connectivity index (χ2n) is 2.89. The van der Waals surface area contributed by atoms with Crippen molar-refractivity contribution in [3.05, 3.63) is 35.6 Å². The normalized spacial score (nSPS) is 14.1. The Bertz CT molecular complexity index is 291. The molecule has 1 N–H and O–H groups in total. The SMILES string of the molecule is OC(CC(F)(F)F)c1ccc(F)cc1. The maximum absolute atomic E-state index is 12.4. The molecule has 0 spiro atoms. The molecule has 5 heteroatoms. The van der Waals surface area contributed by atoms with E-state index >= 15 is 0 Å². The molecule has 0 saturated heterocycles. The molecular weight excluding hydrogens is 200 g/mol. The van der Waals surface area contributed by atoms with Crippen molar-refractivity contribution in [1.29, 1.82) is 0 Å². The number of aliphatic hydroxyl groups excluding tert-OH is 1. The third kappa shape index (κ3) is 3.33. The van der Waals surface area contributed by atoms with Gasteiger partial charge in [0.05, 0.1) is 12.5 Å². The molecular formula is C9H8F4O. The first kappa shape index (κ1) is 11.0. The number of benzene rings is 1. The topological polar surface area (TPSA) is 20.2 Å². The van der Waals surface area contributed by atoms with Crippen LogP contribution in [-0.2, 0) is 0 Å². The standard InChI is InChI=1S/C9H8F4O/c10-7-3-1-6(2-4-7)8(14)5-9(11,12)13/h1-4,8,14H,5H2. The van der Waals surface area contributed by atoms with Crippen molar-refractivity contribution in [2.45, 2.75) is 18.7 Å². The molecule has 0 saturated carbocycles. The molecule has 1 nitrogen and oxygen atoms in total. The van der Waals surface area contributed by atoms with Gasteiger partial charge in [-0.3, -0.25) is 0 Å². The first-order valence-electron chi connectivity index (χ1n) is 3.89. The van der Waals surface area contributed by atoms with E-state index < -0.39 is 24.5 Å². The average Bonchev–Trinajstić information content (AvgIpc) is 2.02. The van der Waals surface area contributed by atoms with Gasteiger partial charge in [-0.25, -0.2) is 4.39 Å². The van der Waals surface area contributed by atoms with E-state index in [1.807, 2.05) is 0 Å². The predicted molar refractivity (Wildman–Crippen MR) is 42.0 cm³/mol. The molecule has 1 unspecified atom stereocenters. The zero-order valence-corrected chi connectivity index (χ0v) is 7.05. The number of aliphatic hydroxyl groups is 1. The Morgan fingerprint density at radius 3 is 2.07 bits per heavy atom. The van der Waals surface area contributed by atoms with Gasteiger partial charge in [0.25, 0.3) is 0 Å². The summed E-state index contributed by atoms with van der Waals surface area (Å²) in [6, 6.07) is 4.28. The Hall–Kier alpha value is -1.10. The minimum atomic E-state index is -4.42. The average molecular weight is 208 g/mol. The van der Waals surface area contributed by atoms with Gasteiger partial charge in [0, 0.05) is 0 Å². The van der Waals surface area contributed by atoms with Crippen molar-refractivity contribution < 1.29 is 22.7 Å². The Morgan fingerprint density at radius 2 is 1.64 bits per heavy atom. The van der Waals surface area contributed by atoms with Crippen molar-refractivity contribution in [3.8, 4) is 0 Å². The van der Waals surface area contributed by atoms with Crippen molar-refractivity contribution in [1.82, 2.24) is 0 Å². The highest BCUT2D eigenvalue weighted by Gasteiger charge is 2.31. The third-order valence-electron chi connectivity index (χ3n) is 1.68. The van der Waals surface area contributed by atoms with E-state index in [1.54, 1.807) is 0 Å². The second kappa shape index (κ2) is 3.96. The Kier molecular flexibility index (Phi) is 3.10. The van der Waals surface area contributed by atoms with Gasteiger partial charge in [-0.1, -0.05) is 12.1 Å². The van der Waals surface area contributed by atoms with Crippen LogP contribution in [-0.4, -0.2) is 11.3 Å². The van der Waals surface area contributed by atoms with Crippen LogP contribution in [0.1, 0.15) is 18.1 Å². The Morgan fingerprint density at radius 1 is 1.14 bits per heavy atom. The molecule has 0 amide bonds. The maximum atomic E-state index is 12.4. The number of alkyl halides is 3. The Balaban J connectivity index is 2.70. The van der Waals surface area contributed by atoms with E-state index in [2.05, 4.69) is 0 Å². The van der Waals surface area contributed by atoms with E-state index in [-0.39, 0.29) is 5.56 Å². The van der Waals surface area contributed by atoms with E-state index in [0.29, 0.717) is 0 Å². The highest BCUT2D eigenvalue weighted by molar-refractivity contribution is 5.18. The molecule has 0 heterocycles. The Labute approximate surface area is 78.0 Å². The second-order valence-corrected chi connectivity index (χ2v) is 2.89. The number of hydrogen-bond acceptors (Lipinski definition) is 1. The van der Waals surface area contributed by atoms with Gasteiger partial charge in [-0.2, -0.15) is 13.2 Å². The van der Waals surface area contributed by atoms with Gasteiger partial charge in [0.15, 0.2) is 0 Å². The van der Waals surface area contributed by atoms with Crippen LogP contribution < -0.4 is 0 Å². The lowest BCUT2D eigenvalue weighted by Gasteiger charge is -2.12. The summed E-state index contributed by atoms with van der Waals surface area (Å²) in [7, 11) is 0. The number of hydrogen-bond donors (Lipinski definition) is 1. The summed E-state index contributed by atoms with van der Waals surface area (Å²) in [5.74, 6) is -0.548. The lowest BCUT2D eigenvalue weighted by molar-refractivity contribution is -0.154. The van der Waals surface area contributed by atoms with Gasteiger partial charge < -0.3 is 5.11 Å². The molecule has 0 bridgehead atoms. The minimum Gasteiger partial charge on any atom is -0.388 e. The molecule has 0 radical (unpaired) electrons. The van der Waals surface area contributed by atoms with Crippen molar-refractivity contribution in [3.63, 3.8) is 0 Å². The van der Waals surface area contributed by atoms with Crippen LogP contribution in [0, 0.1) is 5.82 Å². The summed E-state index contributed by atoms with van der Waals surface area (Å²) in [5, 5.41) is 9.10. The first-order chi connectivity index (χ1) is 6.38. The number of halogens is 4. The van der Waals surface area contributed by atoms with Crippen LogP contribution in [0.5, 0.6) is 0 Å². The van der Waals surface area contributed by atoms with E-state index in [4.69, 9.17) is 5.11 Å². The minimum absolute atomic E-state index is 0.0590. The fraction of sp³-hybridized carbons (Fsp3) is 0.333. The molecule has 0 aromatic heterocycles. The first-order valence-corrected chi connectivity index (χ1v) is 3.89. The molecule has 0 aliphatic carbocycles. The van der Waals surface area contributed by atoms with Crippen LogP contribution in [0.15, 0.2) is 24.3 Å². The zero-order valence-electron chi connectivity index (χ0n) is 7.05. The maximum Gasteiger partial charge on any atom is 0.391 e. The monoisotopic (exact) mass is 208 g/mol. The van der Waals surface area contributed by atoms with E-state index in [1.165, 1.54) is 0 Å². The molecule has 1 rings (SSSR count). The summed E-state index contributed by atoms with van der Waals surface area (Å²) in [4.78, 5) is 0. The van der Waals surface area contributed by atoms with Crippen LogP contribution in [0.4, 0.5) is 17.6 Å². The lowest BCUT2D eigenvalue weighted by Crippen LogP contribution is -2.13. The highest BCUT2D eigenvalue weighted by atomic mass is 19.4. The van der Waals surface area contributed by atoms with Gasteiger partial charge >= 0.3 is 6.18 Å². The lowest BCUT2D eigenvalue weighted by atomic mass is 10.1. The van der Waals surface area contributed by atoms with Crippen LogP contribution in [0.2, 0.25) is 0 Å². The smallest absolute Gasteiger partial charge is 0.388 e. The third-order valence-corrected chi connectivity index (χ3v) is 1.68. The molecule has 78 valence electrons. The molecule has 1 aromatic carbocycles. The van der Waals surface area contributed by atoms with E-state index in [9.17, 15) is 17.6 Å². The fourth-order valence-corrected chi connectivity index (χ4v) is 1.02. The molecule has 0 aliphatic heterocycles. The van der Waals surface area contributed by atoms with Crippen LogP contribution in [0.3, 0.4) is 0 Å². The van der Waals surface area contributed by atoms with Crippen LogP contribution in [0.25, 0.3) is 0 Å². The summed E-state index contributed by atoms with van der Waals surface area (Å²) in [6.07, 6.45) is -7.37. The molecule has 1 aromatic rings. The largest absolute Gasteiger partial charge is 0.391 e. The van der Waals surface area contributed by atoms with Crippen LogP contribution >= 0.6 is 0 Å². The fourth-order valence-electron chi connectivity index (χ4n) is 1.02. The van der Waals surface area contributed by atoms with Gasteiger partial charge in [0.1, 0.15) is 5.82 Å². The van der Waals surface area contributed by atoms with Crippen molar-refractivity contribution in [2.24, 2.45) is 0 Å². The zero-order chi connectivity index (χ0) is 10.8. The van der Waals surface area contributed by atoms with Gasteiger partial charge in [0.2, 0.25) is 0 Å². The molecule has 0 fully saturated rings. The highest BCUT2D eigenvalue weighted by Crippen LogP contribution is 2.29. The summed E-state index contributed by atoms with van der Waals surface area (Å²) in [6.45, 7) is 0. The molecule has 14 heavy (non-hydrogen) atoms. The van der Waals surface area contributed by atoms with Crippen molar-refractivity contribution >= 4 is 0 Å². The predicted octanol–water partition coefficient (Wildman–Crippen LogP) is 2.81. The van der Waals surface area contributed by atoms with Gasteiger partial charge in [-0.05, 0) is 17.7 Å². The van der Waals surface area contributed by atoms with E-state index in [0.717, 1.165) is 24.3 Å². The van der Waals surface area contributed by atoms with Gasteiger partial charge in [-0.15, -0.1) is 0 Å². The summed E-state index contributed by atoms with van der Waals surface area (Å²) in [5.41, 5.74) is 0.0590. The molecule has 0 aliphatic rings.